The van der Waals surface area contributed by atoms with Gasteiger partial charge < -0.3 is 15.0 Å². The predicted molar refractivity (Wildman–Crippen MR) is 81.9 cm³/mol. The van der Waals surface area contributed by atoms with Gasteiger partial charge in [-0.2, -0.15) is 0 Å². The van der Waals surface area contributed by atoms with Gasteiger partial charge >= 0.3 is 0 Å². The zero-order chi connectivity index (χ0) is 14.7. The van der Waals surface area contributed by atoms with Crippen LogP contribution in [-0.4, -0.2) is 34.0 Å². The lowest BCUT2D eigenvalue weighted by molar-refractivity contribution is 0.0719. The summed E-state index contributed by atoms with van der Waals surface area (Å²) in [6.45, 7) is 1.69. The van der Waals surface area contributed by atoms with E-state index in [4.69, 9.17) is 0 Å². The predicted octanol–water partition coefficient (Wildman–Crippen LogP) is 2.80. The lowest BCUT2D eigenvalue weighted by Gasteiger charge is -2.26. The van der Waals surface area contributed by atoms with Crippen LogP contribution in [0.15, 0.2) is 36.5 Å². The monoisotopic (exact) mass is 284 g/mol. The number of aliphatic hydroxyl groups is 1. The average Bonchev–Trinajstić information content (AvgIpc) is 3.04. The fourth-order valence-electron chi connectivity index (χ4n) is 2.88. The summed E-state index contributed by atoms with van der Waals surface area (Å²) in [5.41, 5.74) is 3.40. The highest BCUT2D eigenvalue weighted by molar-refractivity contribution is 5.94. The molecule has 2 aromatic rings. The number of aromatic nitrogens is 1. The van der Waals surface area contributed by atoms with Crippen LogP contribution in [0, 0.1) is 0 Å². The fourth-order valence-corrected chi connectivity index (χ4v) is 2.88. The van der Waals surface area contributed by atoms with Gasteiger partial charge in [-0.05, 0) is 36.5 Å². The number of H-pyrrole nitrogens is 1. The second kappa shape index (κ2) is 6.14. The maximum atomic E-state index is 12.4. The number of hydrogen-bond donors (Lipinski definition) is 2. The molecule has 1 aromatic heterocycles. The second-order valence-electron chi connectivity index (χ2n) is 5.47. The number of piperidine rings is 1. The third-order valence-corrected chi connectivity index (χ3v) is 4.06. The quantitative estimate of drug-likeness (QED) is 0.910. The Hall–Kier alpha value is -2.07. The highest BCUT2D eigenvalue weighted by atomic mass is 16.3. The van der Waals surface area contributed by atoms with Crippen LogP contribution >= 0.6 is 0 Å². The first kappa shape index (κ1) is 13.9. The third kappa shape index (κ3) is 2.85. The zero-order valence-electron chi connectivity index (χ0n) is 12.0. The van der Waals surface area contributed by atoms with E-state index < -0.39 is 0 Å². The van der Waals surface area contributed by atoms with Crippen molar-refractivity contribution < 1.29 is 9.90 Å². The highest BCUT2D eigenvalue weighted by Crippen LogP contribution is 2.25. The summed E-state index contributed by atoms with van der Waals surface area (Å²) in [5.74, 6) is 0.0717. The Morgan fingerprint density at radius 2 is 1.95 bits per heavy atom. The van der Waals surface area contributed by atoms with Crippen LogP contribution in [0.1, 0.15) is 35.3 Å². The fraction of sp³-hybridized carbons (Fsp3) is 0.353. The molecule has 1 aliphatic heterocycles. The number of rotatable bonds is 3. The lowest BCUT2D eigenvalue weighted by atomic mass is 10.0. The third-order valence-electron chi connectivity index (χ3n) is 4.06. The Morgan fingerprint density at radius 1 is 1.19 bits per heavy atom. The molecule has 0 radical (unpaired) electrons. The van der Waals surface area contributed by atoms with Crippen molar-refractivity contribution in [2.45, 2.75) is 25.9 Å². The molecule has 1 fully saturated rings. The number of amides is 1. The molecule has 4 nitrogen and oxygen atoms in total. The molecule has 3 rings (SSSR count). The Bertz CT molecular complexity index is 627. The highest BCUT2D eigenvalue weighted by Gasteiger charge is 2.19. The number of hydrogen-bond acceptors (Lipinski definition) is 2. The van der Waals surface area contributed by atoms with Crippen molar-refractivity contribution in [1.29, 1.82) is 0 Å². The first-order valence-electron chi connectivity index (χ1n) is 7.46. The smallest absolute Gasteiger partial charge is 0.270 e. The molecule has 21 heavy (non-hydrogen) atoms. The molecular weight excluding hydrogens is 264 g/mol. The van der Waals surface area contributed by atoms with E-state index in [-0.39, 0.29) is 12.5 Å². The number of aromatic amines is 1. The molecule has 2 heterocycles. The Morgan fingerprint density at radius 3 is 2.71 bits per heavy atom. The average molecular weight is 284 g/mol. The molecule has 0 atom stereocenters. The Balaban J connectivity index is 1.84. The van der Waals surface area contributed by atoms with Gasteiger partial charge in [-0.15, -0.1) is 0 Å². The first-order valence-corrected chi connectivity index (χ1v) is 7.46. The van der Waals surface area contributed by atoms with Crippen LogP contribution in [0.2, 0.25) is 0 Å². The number of likely N-dealkylation sites (tertiary alicyclic amines) is 1. The molecule has 110 valence electrons. The molecule has 2 N–H and O–H groups in total. The van der Waals surface area contributed by atoms with Gasteiger partial charge in [0, 0.05) is 24.8 Å². The SMILES string of the molecule is O=C(c1cc(-c2ccccc2CO)c[nH]1)N1CCCCC1. The van der Waals surface area contributed by atoms with E-state index in [1.54, 1.807) is 0 Å². The molecule has 1 aromatic carbocycles. The van der Waals surface area contributed by atoms with Crippen molar-refractivity contribution in [3.05, 3.63) is 47.8 Å². The number of aliphatic hydroxyl groups excluding tert-OH is 1. The van der Waals surface area contributed by atoms with E-state index in [2.05, 4.69) is 4.98 Å². The van der Waals surface area contributed by atoms with E-state index in [1.165, 1.54) is 6.42 Å². The van der Waals surface area contributed by atoms with Crippen LogP contribution < -0.4 is 0 Å². The largest absolute Gasteiger partial charge is 0.392 e. The number of carbonyl (C=O) groups excluding carboxylic acids is 1. The molecule has 0 aliphatic carbocycles. The number of nitrogens with zero attached hydrogens (tertiary/aromatic N) is 1. The molecule has 4 heteroatoms. The van der Waals surface area contributed by atoms with Crippen molar-refractivity contribution >= 4 is 5.91 Å². The number of nitrogens with one attached hydrogen (secondary N) is 1. The summed E-state index contributed by atoms with van der Waals surface area (Å²) in [4.78, 5) is 17.4. The lowest BCUT2D eigenvalue weighted by Crippen LogP contribution is -2.35. The maximum absolute atomic E-state index is 12.4. The van der Waals surface area contributed by atoms with E-state index in [9.17, 15) is 9.90 Å². The van der Waals surface area contributed by atoms with E-state index in [0.717, 1.165) is 42.6 Å². The zero-order valence-corrected chi connectivity index (χ0v) is 12.0. The van der Waals surface area contributed by atoms with Crippen molar-refractivity contribution in [3.63, 3.8) is 0 Å². The van der Waals surface area contributed by atoms with Crippen LogP contribution in [0.3, 0.4) is 0 Å². The van der Waals surface area contributed by atoms with E-state index in [1.807, 2.05) is 41.4 Å². The minimum atomic E-state index is -0.00322. The first-order chi connectivity index (χ1) is 10.3. The van der Waals surface area contributed by atoms with Gasteiger partial charge in [0.2, 0.25) is 0 Å². The standard InChI is InChI=1S/C17H20N2O2/c20-12-13-6-2-3-7-15(13)14-10-16(18-11-14)17(21)19-8-4-1-5-9-19/h2-3,6-7,10-11,18,20H,1,4-5,8-9,12H2. The minimum Gasteiger partial charge on any atom is -0.392 e. The summed E-state index contributed by atoms with van der Waals surface area (Å²) in [6, 6.07) is 9.58. The minimum absolute atomic E-state index is 0.00322. The topological polar surface area (TPSA) is 56.3 Å². The van der Waals surface area contributed by atoms with Gasteiger partial charge in [-0.1, -0.05) is 24.3 Å². The van der Waals surface area contributed by atoms with Gasteiger partial charge in [0.1, 0.15) is 5.69 Å². The van der Waals surface area contributed by atoms with Gasteiger partial charge in [-0.25, -0.2) is 0 Å². The maximum Gasteiger partial charge on any atom is 0.270 e. The van der Waals surface area contributed by atoms with Gasteiger partial charge in [-0.3, -0.25) is 4.79 Å². The number of benzene rings is 1. The summed E-state index contributed by atoms with van der Waals surface area (Å²) in [7, 11) is 0. The van der Waals surface area contributed by atoms with Gasteiger partial charge in [0.25, 0.3) is 5.91 Å². The summed E-state index contributed by atoms with van der Waals surface area (Å²) in [6.07, 6.45) is 5.23. The molecule has 1 aliphatic rings. The molecule has 0 saturated carbocycles. The second-order valence-corrected chi connectivity index (χ2v) is 5.47. The van der Waals surface area contributed by atoms with Crippen LogP contribution in [-0.2, 0) is 6.61 Å². The van der Waals surface area contributed by atoms with Gasteiger partial charge in [0.15, 0.2) is 0 Å². The number of carbonyl (C=O) groups is 1. The van der Waals surface area contributed by atoms with Crippen LogP contribution in [0.4, 0.5) is 0 Å². The molecule has 1 amide bonds. The summed E-state index contributed by atoms with van der Waals surface area (Å²) in [5, 5.41) is 9.41. The van der Waals surface area contributed by atoms with Crippen molar-refractivity contribution in [3.8, 4) is 11.1 Å². The Labute approximate surface area is 124 Å². The molecule has 1 saturated heterocycles. The van der Waals surface area contributed by atoms with E-state index in [0.29, 0.717) is 5.69 Å². The van der Waals surface area contributed by atoms with Crippen LogP contribution in [0.5, 0.6) is 0 Å². The molecule has 0 spiro atoms. The van der Waals surface area contributed by atoms with Crippen LogP contribution in [0.25, 0.3) is 11.1 Å². The van der Waals surface area contributed by atoms with E-state index >= 15 is 0 Å². The molecule has 0 unspecified atom stereocenters. The summed E-state index contributed by atoms with van der Waals surface area (Å²) >= 11 is 0. The van der Waals surface area contributed by atoms with Crippen molar-refractivity contribution in [2.24, 2.45) is 0 Å². The summed E-state index contributed by atoms with van der Waals surface area (Å²) < 4.78 is 0. The van der Waals surface area contributed by atoms with Crippen molar-refractivity contribution in [1.82, 2.24) is 9.88 Å². The van der Waals surface area contributed by atoms with Gasteiger partial charge in [0.05, 0.1) is 6.61 Å². The normalized spacial score (nSPS) is 15.2. The molecule has 0 bridgehead atoms. The Kier molecular flexibility index (Phi) is 4.06. The molecular formula is C17H20N2O2. The van der Waals surface area contributed by atoms with Crippen molar-refractivity contribution in [2.75, 3.05) is 13.1 Å².